The van der Waals surface area contributed by atoms with Crippen molar-refractivity contribution in [3.05, 3.63) is 182 Å². The van der Waals surface area contributed by atoms with Gasteiger partial charge in [0.2, 0.25) is 0 Å². The number of carbonyl (C=O) groups is 3. The molecule has 0 amide bonds. The van der Waals surface area contributed by atoms with Crippen LogP contribution in [0.5, 0.6) is 0 Å². The number of allylic oxidation sites excluding steroid dienone is 30. The molecule has 6 heteroatoms. The van der Waals surface area contributed by atoms with Gasteiger partial charge < -0.3 is 14.2 Å². The van der Waals surface area contributed by atoms with Crippen molar-refractivity contribution in [3.8, 4) is 0 Å². The normalized spacial score (nSPS) is 13.7. The monoisotopic (exact) mass is 903 g/mol. The molecule has 0 aliphatic heterocycles. The third kappa shape index (κ3) is 49.5. The van der Waals surface area contributed by atoms with Gasteiger partial charge in [0.25, 0.3) is 0 Å². The maximum atomic E-state index is 12.8. The Morgan fingerprint density at radius 3 is 0.939 bits per heavy atom. The summed E-state index contributed by atoms with van der Waals surface area (Å²) < 4.78 is 16.7. The van der Waals surface area contributed by atoms with Crippen molar-refractivity contribution >= 4 is 17.9 Å². The minimum atomic E-state index is -0.840. The molecule has 6 nitrogen and oxygen atoms in total. The first-order valence-corrected chi connectivity index (χ1v) is 25.0. The van der Waals surface area contributed by atoms with E-state index >= 15 is 0 Å². The second-order valence-electron chi connectivity index (χ2n) is 15.6. The highest BCUT2D eigenvalue weighted by atomic mass is 16.6. The minimum Gasteiger partial charge on any atom is -0.462 e. The van der Waals surface area contributed by atoms with Crippen molar-refractivity contribution in [1.82, 2.24) is 0 Å². The standard InChI is InChI=1S/C60H86O6/c1-4-7-10-13-16-19-22-25-27-29-31-32-35-38-41-44-47-50-53-59(62)65-56-57(55-64-58(61)52-49-46-43-40-37-34-24-21-18-15-12-9-6-3)66-60(63)54-51-48-45-42-39-36-33-30-28-26-23-20-17-14-11-8-5-2/h8-34,36-37,39,57H,4-7,35,38,40-56H2,1-3H3/b11-8-,12-9-,13-10-,17-14-,18-15-,19-16-,23-20-,24-21-,25-22-,28-26-,29-27-,32-31-,33-30+,37-34-,39-36-. The minimum absolute atomic E-state index is 0.134. The molecular formula is C60H86O6. The van der Waals surface area contributed by atoms with Crippen molar-refractivity contribution < 1.29 is 28.6 Å². The summed E-state index contributed by atoms with van der Waals surface area (Å²) in [5.41, 5.74) is 0. The van der Waals surface area contributed by atoms with Crippen LogP contribution in [0.15, 0.2) is 182 Å². The maximum absolute atomic E-state index is 12.8. The Hall–Kier alpha value is -5.49. The molecule has 0 fully saturated rings. The molecule has 0 aliphatic carbocycles. The quantitative estimate of drug-likeness (QED) is 0.0263. The number of esters is 3. The molecule has 1 atom stereocenters. The lowest BCUT2D eigenvalue weighted by atomic mass is 10.1. The van der Waals surface area contributed by atoms with Crippen LogP contribution in [-0.4, -0.2) is 37.2 Å². The van der Waals surface area contributed by atoms with Crippen molar-refractivity contribution in [3.63, 3.8) is 0 Å². The van der Waals surface area contributed by atoms with Crippen LogP contribution in [0, 0.1) is 0 Å². The Labute approximate surface area is 402 Å². The van der Waals surface area contributed by atoms with Crippen molar-refractivity contribution in [2.24, 2.45) is 0 Å². The molecule has 0 spiro atoms. The van der Waals surface area contributed by atoms with Crippen LogP contribution in [0.25, 0.3) is 0 Å². The van der Waals surface area contributed by atoms with Crippen LogP contribution < -0.4 is 0 Å². The molecule has 362 valence electrons. The van der Waals surface area contributed by atoms with E-state index in [9.17, 15) is 14.4 Å². The van der Waals surface area contributed by atoms with E-state index < -0.39 is 6.10 Å². The van der Waals surface area contributed by atoms with E-state index in [-0.39, 0.29) is 44.0 Å². The SMILES string of the molecule is CC\C=C/C=C\C=C/C=C\C=C\C=C/CCCCCC(=O)OC(COC(=O)CCCCC\C=C/C=C\C=C/C=C\CC)COC(=O)CCCCCCC\C=C/C=C\C=C/C=C\C=C/CCC. The first-order chi connectivity index (χ1) is 32.5. The predicted octanol–water partition coefficient (Wildman–Crippen LogP) is 16.6. The number of hydrogen-bond donors (Lipinski definition) is 0. The summed E-state index contributed by atoms with van der Waals surface area (Å²) >= 11 is 0. The summed E-state index contributed by atoms with van der Waals surface area (Å²) in [4.78, 5) is 38.0. The molecule has 0 aromatic rings. The molecule has 0 N–H and O–H groups in total. The highest BCUT2D eigenvalue weighted by Gasteiger charge is 2.19. The average Bonchev–Trinajstić information content (AvgIpc) is 3.31. The second kappa shape index (κ2) is 52.1. The summed E-state index contributed by atoms with van der Waals surface area (Å²) in [5, 5.41) is 0. The Morgan fingerprint density at radius 2 is 0.591 bits per heavy atom. The summed E-state index contributed by atoms with van der Waals surface area (Å²) in [6, 6.07) is 0. The van der Waals surface area contributed by atoms with Gasteiger partial charge in [0.1, 0.15) is 13.2 Å². The summed E-state index contributed by atoms with van der Waals surface area (Å²) in [6.07, 6.45) is 78.6. The fourth-order valence-corrected chi connectivity index (χ4v) is 5.81. The van der Waals surface area contributed by atoms with Crippen molar-refractivity contribution in [1.29, 1.82) is 0 Å². The first kappa shape index (κ1) is 60.5. The summed E-state index contributed by atoms with van der Waals surface area (Å²) in [5.74, 6) is -1.06. The first-order valence-electron chi connectivity index (χ1n) is 25.0. The molecule has 0 bridgehead atoms. The maximum Gasteiger partial charge on any atom is 0.306 e. The van der Waals surface area contributed by atoms with E-state index in [1.165, 1.54) is 6.42 Å². The van der Waals surface area contributed by atoms with Gasteiger partial charge in [0, 0.05) is 19.3 Å². The number of rotatable bonds is 41. The summed E-state index contributed by atoms with van der Waals surface area (Å²) in [7, 11) is 0. The van der Waals surface area contributed by atoms with Gasteiger partial charge in [0.05, 0.1) is 0 Å². The Bertz CT molecular complexity index is 1650. The molecule has 0 aliphatic rings. The highest BCUT2D eigenvalue weighted by Crippen LogP contribution is 2.11. The fraction of sp³-hybridized carbons (Fsp3) is 0.450. The second-order valence-corrected chi connectivity index (χ2v) is 15.6. The zero-order chi connectivity index (χ0) is 47.9. The Balaban J connectivity index is 4.65. The molecule has 0 rings (SSSR count). The van der Waals surface area contributed by atoms with Crippen LogP contribution in [0.1, 0.15) is 156 Å². The van der Waals surface area contributed by atoms with Crippen LogP contribution in [0.2, 0.25) is 0 Å². The van der Waals surface area contributed by atoms with Crippen molar-refractivity contribution in [2.75, 3.05) is 13.2 Å². The van der Waals surface area contributed by atoms with Gasteiger partial charge in [-0.15, -0.1) is 0 Å². The van der Waals surface area contributed by atoms with E-state index in [4.69, 9.17) is 14.2 Å². The topological polar surface area (TPSA) is 78.9 Å². The zero-order valence-corrected chi connectivity index (χ0v) is 41.1. The van der Waals surface area contributed by atoms with Gasteiger partial charge in [0.15, 0.2) is 6.10 Å². The van der Waals surface area contributed by atoms with Gasteiger partial charge in [-0.1, -0.05) is 242 Å². The van der Waals surface area contributed by atoms with Crippen LogP contribution in [0.4, 0.5) is 0 Å². The fourth-order valence-electron chi connectivity index (χ4n) is 5.81. The highest BCUT2D eigenvalue weighted by molar-refractivity contribution is 5.71. The average molecular weight is 903 g/mol. The number of unbranched alkanes of at least 4 members (excludes halogenated alkanes) is 12. The van der Waals surface area contributed by atoms with Crippen LogP contribution >= 0.6 is 0 Å². The number of hydrogen-bond acceptors (Lipinski definition) is 6. The summed E-state index contributed by atoms with van der Waals surface area (Å²) in [6.45, 7) is 6.12. The van der Waals surface area contributed by atoms with Gasteiger partial charge in [-0.2, -0.15) is 0 Å². The van der Waals surface area contributed by atoms with Crippen molar-refractivity contribution in [2.45, 2.75) is 162 Å². The molecule has 66 heavy (non-hydrogen) atoms. The van der Waals surface area contributed by atoms with E-state index in [0.29, 0.717) is 19.3 Å². The van der Waals surface area contributed by atoms with Gasteiger partial charge in [-0.3, -0.25) is 14.4 Å². The van der Waals surface area contributed by atoms with Crippen LogP contribution in [0.3, 0.4) is 0 Å². The molecule has 0 saturated carbocycles. The van der Waals surface area contributed by atoms with E-state index in [1.54, 1.807) is 0 Å². The van der Waals surface area contributed by atoms with E-state index in [1.807, 2.05) is 134 Å². The molecule has 0 heterocycles. The third-order valence-corrected chi connectivity index (χ3v) is 9.49. The smallest absolute Gasteiger partial charge is 0.306 e. The molecule has 0 radical (unpaired) electrons. The lowest BCUT2D eigenvalue weighted by Gasteiger charge is -2.18. The molecule has 1 unspecified atom stereocenters. The van der Waals surface area contributed by atoms with E-state index in [0.717, 1.165) is 96.3 Å². The molecule has 0 saturated heterocycles. The Kier molecular flexibility index (Phi) is 47.8. The lowest BCUT2D eigenvalue weighted by Crippen LogP contribution is -2.30. The number of ether oxygens (including phenoxy) is 3. The zero-order valence-electron chi connectivity index (χ0n) is 41.1. The van der Waals surface area contributed by atoms with Gasteiger partial charge >= 0.3 is 17.9 Å². The largest absolute Gasteiger partial charge is 0.462 e. The lowest BCUT2D eigenvalue weighted by molar-refractivity contribution is -0.167. The van der Waals surface area contributed by atoms with Gasteiger partial charge in [-0.05, 0) is 77.0 Å². The molecule has 0 aromatic carbocycles. The molecule has 0 aromatic heterocycles. The van der Waals surface area contributed by atoms with Crippen LogP contribution in [-0.2, 0) is 28.6 Å². The molecular weight excluding hydrogens is 817 g/mol. The van der Waals surface area contributed by atoms with Gasteiger partial charge in [-0.25, -0.2) is 0 Å². The number of carbonyl (C=O) groups excluding carboxylic acids is 3. The Morgan fingerprint density at radius 1 is 0.318 bits per heavy atom. The third-order valence-electron chi connectivity index (χ3n) is 9.49. The predicted molar refractivity (Wildman–Crippen MR) is 283 cm³/mol. The van der Waals surface area contributed by atoms with E-state index in [2.05, 4.69) is 69.4 Å².